The van der Waals surface area contributed by atoms with E-state index in [1.165, 1.54) is 6.07 Å². The third-order valence-corrected chi connectivity index (χ3v) is 2.06. The highest BCUT2D eigenvalue weighted by Crippen LogP contribution is 2.24. The van der Waals surface area contributed by atoms with E-state index >= 15 is 0 Å². The summed E-state index contributed by atoms with van der Waals surface area (Å²) in [5.74, 6) is -1.63. The van der Waals surface area contributed by atoms with Crippen LogP contribution >= 0.6 is 11.6 Å². The Kier molecular flexibility index (Phi) is 3.19. The molecule has 1 atom stereocenters. The molecule has 0 saturated carbocycles. The van der Waals surface area contributed by atoms with Crippen molar-refractivity contribution in [3.8, 4) is 0 Å². The molecule has 0 amide bonds. The molecule has 0 spiro atoms. The Hall–Kier alpha value is -0.710. The van der Waals surface area contributed by atoms with Crippen LogP contribution in [-0.2, 0) is 0 Å². The van der Waals surface area contributed by atoms with Gasteiger partial charge in [0.05, 0.1) is 0 Å². The van der Waals surface area contributed by atoms with Crippen molar-refractivity contribution in [2.24, 2.45) is 11.5 Å². The molecule has 1 aromatic rings. The summed E-state index contributed by atoms with van der Waals surface area (Å²) >= 11 is 5.34. The van der Waals surface area contributed by atoms with Crippen molar-refractivity contribution in [2.45, 2.75) is 6.04 Å². The fourth-order valence-electron chi connectivity index (χ4n) is 0.954. The maximum atomic E-state index is 13.2. The van der Waals surface area contributed by atoms with Crippen LogP contribution in [0.4, 0.5) is 8.78 Å². The molecule has 5 heteroatoms. The molecule has 2 nitrogen and oxygen atoms in total. The highest BCUT2D eigenvalue weighted by atomic mass is 35.5. The number of benzene rings is 1. The van der Waals surface area contributed by atoms with E-state index in [2.05, 4.69) is 0 Å². The lowest BCUT2D eigenvalue weighted by Gasteiger charge is -2.10. The lowest BCUT2D eigenvalue weighted by atomic mass is 10.1. The first-order valence-electron chi connectivity index (χ1n) is 3.67. The fraction of sp³-hybridized carbons (Fsp3) is 0.250. The summed E-state index contributed by atoms with van der Waals surface area (Å²) in [4.78, 5) is 0. The molecule has 0 unspecified atom stereocenters. The summed E-state index contributed by atoms with van der Waals surface area (Å²) in [7, 11) is 0. The van der Waals surface area contributed by atoms with Gasteiger partial charge in [-0.05, 0) is 6.07 Å². The van der Waals surface area contributed by atoms with Gasteiger partial charge in [0.15, 0.2) is 0 Å². The number of halogens is 3. The van der Waals surface area contributed by atoms with Gasteiger partial charge in [0, 0.05) is 18.2 Å². The smallest absolute Gasteiger partial charge is 0.149 e. The van der Waals surface area contributed by atoms with Gasteiger partial charge >= 0.3 is 0 Å². The molecule has 0 bridgehead atoms. The molecule has 0 saturated heterocycles. The molecule has 0 aliphatic rings. The van der Waals surface area contributed by atoms with E-state index in [1.54, 1.807) is 0 Å². The minimum Gasteiger partial charge on any atom is -0.329 e. The summed E-state index contributed by atoms with van der Waals surface area (Å²) in [6, 6.07) is 1.66. The van der Waals surface area contributed by atoms with E-state index in [0.717, 1.165) is 6.07 Å². The second kappa shape index (κ2) is 4.00. The second-order valence-corrected chi connectivity index (χ2v) is 2.98. The van der Waals surface area contributed by atoms with Crippen molar-refractivity contribution < 1.29 is 8.78 Å². The first kappa shape index (κ1) is 10.4. The Balaban J connectivity index is 3.18. The minimum atomic E-state index is -0.834. The molecule has 72 valence electrons. The Morgan fingerprint density at radius 2 is 2.00 bits per heavy atom. The van der Waals surface area contributed by atoms with Gasteiger partial charge in [0.25, 0.3) is 0 Å². The van der Waals surface area contributed by atoms with Crippen molar-refractivity contribution >= 4 is 11.6 Å². The first-order valence-corrected chi connectivity index (χ1v) is 4.04. The van der Waals surface area contributed by atoms with Crippen LogP contribution in [0, 0.1) is 11.6 Å². The lowest BCUT2D eigenvalue weighted by molar-refractivity contribution is 0.557. The average Bonchev–Trinajstić information content (AvgIpc) is 2.13. The SMILES string of the molecule is NC[C@H](N)c1ccc(F)c(Cl)c1F. The van der Waals surface area contributed by atoms with Crippen LogP contribution in [0.1, 0.15) is 11.6 Å². The molecule has 0 aliphatic heterocycles. The van der Waals surface area contributed by atoms with Crippen LogP contribution in [0.5, 0.6) is 0 Å². The van der Waals surface area contributed by atoms with Crippen molar-refractivity contribution in [3.05, 3.63) is 34.4 Å². The topological polar surface area (TPSA) is 52.0 Å². The number of hydrogen-bond donors (Lipinski definition) is 2. The Morgan fingerprint density at radius 1 is 1.38 bits per heavy atom. The Morgan fingerprint density at radius 3 is 2.54 bits per heavy atom. The molecule has 0 aromatic heterocycles. The summed E-state index contributed by atoms with van der Waals surface area (Å²) in [6.07, 6.45) is 0. The van der Waals surface area contributed by atoms with E-state index in [4.69, 9.17) is 23.1 Å². The molecular weight excluding hydrogens is 198 g/mol. The molecule has 4 N–H and O–H groups in total. The van der Waals surface area contributed by atoms with Crippen molar-refractivity contribution in [2.75, 3.05) is 6.54 Å². The molecule has 1 rings (SSSR count). The van der Waals surface area contributed by atoms with Crippen molar-refractivity contribution in [1.82, 2.24) is 0 Å². The second-order valence-electron chi connectivity index (χ2n) is 2.61. The standard InChI is InChI=1S/C8H9ClF2N2/c9-7-5(10)2-1-4(8(7)11)6(13)3-12/h1-2,6H,3,12-13H2/t6-/m0/s1. The van der Waals surface area contributed by atoms with E-state index in [-0.39, 0.29) is 12.1 Å². The number of rotatable bonds is 2. The average molecular weight is 207 g/mol. The van der Waals surface area contributed by atoms with Gasteiger partial charge in [-0.1, -0.05) is 17.7 Å². The maximum absolute atomic E-state index is 13.2. The van der Waals surface area contributed by atoms with E-state index in [0.29, 0.717) is 0 Å². The van der Waals surface area contributed by atoms with Crippen LogP contribution in [0.3, 0.4) is 0 Å². The predicted octanol–water partition coefficient (Wildman–Crippen LogP) is 1.58. The maximum Gasteiger partial charge on any atom is 0.149 e. The van der Waals surface area contributed by atoms with Crippen LogP contribution < -0.4 is 11.5 Å². The Labute approximate surface area is 79.5 Å². The molecule has 0 heterocycles. The highest BCUT2D eigenvalue weighted by Gasteiger charge is 2.15. The largest absolute Gasteiger partial charge is 0.329 e. The normalized spacial score (nSPS) is 13.0. The molecule has 0 aliphatic carbocycles. The summed E-state index contributed by atoms with van der Waals surface area (Å²) in [6.45, 7) is 0.0822. The first-order chi connectivity index (χ1) is 6.07. The number of hydrogen-bond acceptors (Lipinski definition) is 2. The van der Waals surface area contributed by atoms with Gasteiger partial charge in [-0.3, -0.25) is 0 Å². The molecule has 0 radical (unpaired) electrons. The fourth-order valence-corrected chi connectivity index (χ4v) is 1.13. The zero-order chi connectivity index (χ0) is 10.0. The van der Waals surface area contributed by atoms with E-state index < -0.39 is 22.7 Å². The minimum absolute atomic E-state index is 0.0822. The van der Waals surface area contributed by atoms with E-state index in [1.807, 2.05) is 0 Å². The van der Waals surface area contributed by atoms with Gasteiger partial charge in [0.2, 0.25) is 0 Å². The molecule has 0 fully saturated rings. The highest BCUT2D eigenvalue weighted by molar-refractivity contribution is 6.30. The van der Waals surface area contributed by atoms with Crippen LogP contribution in [0.25, 0.3) is 0 Å². The van der Waals surface area contributed by atoms with Crippen LogP contribution in [0.2, 0.25) is 5.02 Å². The predicted molar refractivity (Wildman–Crippen MR) is 47.4 cm³/mol. The van der Waals surface area contributed by atoms with Gasteiger partial charge < -0.3 is 11.5 Å². The Bertz CT molecular complexity index is 317. The number of nitrogens with two attached hydrogens (primary N) is 2. The quantitative estimate of drug-likeness (QED) is 0.722. The van der Waals surface area contributed by atoms with Gasteiger partial charge in [-0.15, -0.1) is 0 Å². The molecule has 1 aromatic carbocycles. The summed E-state index contributed by atoms with van der Waals surface area (Å²) in [5, 5.41) is -0.540. The van der Waals surface area contributed by atoms with Crippen LogP contribution in [-0.4, -0.2) is 6.54 Å². The van der Waals surface area contributed by atoms with Crippen molar-refractivity contribution in [3.63, 3.8) is 0 Å². The summed E-state index contributed by atoms with van der Waals surface area (Å²) in [5.41, 5.74) is 10.8. The zero-order valence-electron chi connectivity index (χ0n) is 6.73. The summed E-state index contributed by atoms with van der Waals surface area (Å²) < 4.78 is 25.9. The van der Waals surface area contributed by atoms with Gasteiger partial charge in [-0.25, -0.2) is 8.78 Å². The lowest BCUT2D eigenvalue weighted by Crippen LogP contribution is -2.22. The van der Waals surface area contributed by atoms with Crippen LogP contribution in [0.15, 0.2) is 12.1 Å². The van der Waals surface area contributed by atoms with Gasteiger partial charge in [0.1, 0.15) is 16.7 Å². The van der Waals surface area contributed by atoms with Gasteiger partial charge in [-0.2, -0.15) is 0 Å². The molecule has 13 heavy (non-hydrogen) atoms. The zero-order valence-corrected chi connectivity index (χ0v) is 7.48. The third-order valence-electron chi connectivity index (χ3n) is 1.72. The molecular formula is C8H9ClF2N2. The third kappa shape index (κ3) is 1.96. The monoisotopic (exact) mass is 206 g/mol. The van der Waals surface area contributed by atoms with E-state index in [9.17, 15) is 8.78 Å². The van der Waals surface area contributed by atoms with Crippen molar-refractivity contribution in [1.29, 1.82) is 0 Å².